The molecule has 0 aromatic heterocycles. The maximum absolute atomic E-state index is 10.0. The molecule has 0 bridgehead atoms. The Morgan fingerprint density at radius 1 is 1.40 bits per heavy atom. The number of rotatable bonds is 3. The Morgan fingerprint density at radius 3 is 2.53 bits per heavy atom. The van der Waals surface area contributed by atoms with Gasteiger partial charge in [0.2, 0.25) is 0 Å². The zero-order valence-electron chi connectivity index (χ0n) is 6.99. The van der Waals surface area contributed by atoms with Crippen LogP contribution in [-0.2, 0) is 4.94 Å². The number of halogens is 3. The van der Waals surface area contributed by atoms with Gasteiger partial charge in [0.05, 0.1) is 10.0 Å². The van der Waals surface area contributed by atoms with Crippen molar-refractivity contribution < 1.29 is 10.0 Å². The highest BCUT2D eigenvalue weighted by atomic mass is 35.5. The first-order chi connectivity index (χ1) is 6.91. The number of hydrogen-bond acceptors (Lipinski definition) is 5. The van der Waals surface area contributed by atoms with Crippen LogP contribution in [0.2, 0.25) is 15.1 Å². The van der Waals surface area contributed by atoms with E-state index >= 15 is 0 Å². The molecule has 9 heteroatoms. The third-order valence-electron chi connectivity index (χ3n) is 1.37. The largest absolute Gasteiger partial charge is 0.318 e. The zero-order valence-corrected chi connectivity index (χ0v) is 9.25. The molecule has 1 aromatic rings. The van der Waals surface area contributed by atoms with Gasteiger partial charge in [0.1, 0.15) is 5.69 Å². The van der Waals surface area contributed by atoms with E-state index in [-0.39, 0.29) is 20.8 Å². The van der Waals surface area contributed by atoms with Gasteiger partial charge in [-0.1, -0.05) is 34.8 Å². The van der Waals surface area contributed by atoms with Gasteiger partial charge in [-0.25, -0.2) is 5.84 Å². The van der Waals surface area contributed by atoms with Gasteiger partial charge in [0.15, 0.2) is 0 Å². The van der Waals surface area contributed by atoms with Crippen LogP contribution in [0.15, 0.2) is 12.1 Å². The van der Waals surface area contributed by atoms with Crippen LogP contribution in [0.3, 0.4) is 0 Å². The topological polar surface area (TPSA) is 81.6 Å². The molecule has 2 N–H and O–H groups in total. The van der Waals surface area contributed by atoms with Crippen molar-refractivity contribution in [3.63, 3.8) is 0 Å². The first-order valence-corrected chi connectivity index (χ1v) is 4.57. The molecule has 0 radical (unpaired) electrons. The Hall–Kier alpha value is -0.950. The predicted octanol–water partition coefficient (Wildman–Crippen LogP) is 2.45. The maximum atomic E-state index is 10.0. The van der Waals surface area contributed by atoms with Crippen LogP contribution in [0.4, 0.5) is 5.69 Å². The van der Waals surface area contributed by atoms with Crippen LogP contribution in [0, 0.1) is 10.1 Å². The lowest BCUT2D eigenvalue weighted by molar-refractivity contribution is -0.762. The highest BCUT2D eigenvalue weighted by Gasteiger charge is 2.14. The lowest BCUT2D eigenvalue weighted by Crippen LogP contribution is -2.33. The van der Waals surface area contributed by atoms with Crippen molar-refractivity contribution in [3.8, 4) is 0 Å². The summed E-state index contributed by atoms with van der Waals surface area (Å²) in [6.45, 7) is 0. The van der Waals surface area contributed by atoms with E-state index in [2.05, 4.69) is 4.94 Å². The average molecular weight is 272 g/mol. The normalized spacial score (nSPS) is 9.87. The van der Waals surface area contributed by atoms with E-state index < -0.39 is 5.09 Å². The van der Waals surface area contributed by atoms with E-state index in [1.807, 2.05) is 0 Å². The smallest absolute Gasteiger partial charge is 0.223 e. The molecule has 1 aromatic carbocycles. The molecule has 0 fully saturated rings. The van der Waals surface area contributed by atoms with E-state index in [0.717, 1.165) is 0 Å². The third kappa shape index (κ3) is 3.00. The van der Waals surface area contributed by atoms with Gasteiger partial charge in [-0.2, -0.15) is 4.94 Å². The second kappa shape index (κ2) is 4.71. The summed E-state index contributed by atoms with van der Waals surface area (Å²) in [5.74, 6) is 5.20. The van der Waals surface area contributed by atoms with Gasteiger partial charge < -0.3 is 0 Å². The fourth-order valence-corrected chi connectivity index (χ4v) is 1.49. The Morgan fingerprint density at radius 2 is 2.00 bits per heavy atom. The molecule has 0 saturated heterocycles. The summed E-state index contributed by atoms with van der Waals surface area (Å²) in [6, 6.07) is 2.65. The summed E-state index contributed by atoms with van der Waals surface area (Å²) >= 11 is 17.1. The quantitative estimate of drug-likeness (QED) is 0.395. The molecule has 0 aliphatic rings. The van der Waals surface area contributed by atoms with Crippen LogP contribution >= 0.6 is 34.8 Å². The van der Waals surface area contributed by atoms with Crippen molar-refractivity contribution in [2.75, 3.05) is 5.17 Å². The SMILES string of the molecule is NN(O[N+](=O)[O-])c1cc(Cl)cc(Cl)c1Cl. The minimum Gasteiger partial charge on any atom is -0.223 e. The Balaban J connectivity index is 3.07. The first kappa shape index (κ1) is 12.1. The fraction of sp³-hybridized carbons (Fsp3) is 0. The van der Waals surface area contributed by atoms with Crippen molar-refractivity contribution in [2.24, 2.45) is 5.84 Å². The molecule has 0 atom stereocenters. The summed E-state index contributed by atoms with van der Waals surface area (Å²) in [4.78, 5) is 14.0. The molecule has 1 rings (SSSR count). The fourth-order valence-electron chi connectivity index (χ4n) is 0.819. The molecule has 82 valence electrons. The van der Waals surface area contributed by atoms with Gasteiger partial charge in [0, 0.05) is 5.02 Å². The van der Waals surface area contributed by atoms with E-state index in [1.165, 1.54) is 12.1 Å². The number of hydrazine groups is 1. The molecular formula is C6H4Cl3N3O3. The minimum atomic E-state index is -1.09. The second-order valence-electron chi connectivity index (χ2n) is 2.35. The summed E-state index contributed by atoms with van der Waals surface area (Å²) in [5.41, 5.74) is -0.00846. The number of anilines is 1. The molecule has 6 nitrogen and oxygen atoms in total. The van der Waals surface area contributed by atoms with E-state index in [4.69, 9.17) is 40.6 Å². The molecular weight excluding hydrogens is 268 g/mol. The van der Waals surface area contributed by atoms with Crippen LogP contribution in [0.5, 0.6) is 0 Å². The van der Waals surface area contributed by atoms with Gasteiger partial charge in [0.25, 0.3) is 0 Å². The van der Waals surface area contributed by atoms with Gasteiger partial charge in [-0.15, -0.1) is 15.3 Å². The van der Waals surface area contributed by atoms with Crippen molar-refractivity contribution in [3.05, 3.63) is 37.3 Å². The van der Waals surface area contributed by atoms with Crippen molar-refractivity contribution in [1.29, 1.82) is 0 Å². The second-order valence-corrected chi connectivity index (χ2v) is 3.57. The summed E-state index contributed by atoms with van der Waals surface area (Å²) < 4.78 is 0. The minimum absolute atomic E-state index is 0.00502. The Labute approximate surface area is 99.1 Å². The lowest BCUT2D eigenvalue weighted by atomic mass is 10.3. The van der Waals surface area contributed by atoms with Crippen molar-refractivity contribution in [1.82, 2.24) is 0 Å². The Bertz CT molecular complexity index is 401. The van der Waals surface area contributed by atoms with Crippen molar-refractivity contribution >= 4 is 40.5 Å². The molecule has 0 spiro atoms. The maximum Gasteiger partial charge on any atom is 0.318 e. The molecule has 0 aliphatic carbocycles. The molecule has 0 saturated carbocycles. The first-order valence-electron chi connectivity index (χ1n) is 3.43. The molecule has 0 heterocycles. The predicted molar refractivity (Wildman–Crippen MR) is 56.2 cm³/mol. The van der Waals surface area contributed by atoms with E-state index in [9.17, 15) is 10.1 Å². The molecule has 15 heavy (non-hydrogen) atoms. The summed E-state index contributed by atoms with van der Waals surface area (Å²) in [7, 11) is 0. The van der Waals surface area contributed by atoms with E-state index in [0.29, 0.717) is 5.17 Å². The van der Waals surface area contributed by atoms with Gasteiger partial charge in [-0.05, 0) is 12.1 Å². The van der Waals surface area contributed by atoms with Crippen LogP contribution in [-0.4, -0.2) is 5.09 Å². The molecule has 0 amide bonds. The van der Waals surface area contributed by atoms with E-state index in [1.54, 1.807) is 0 Å². The third-order valence-corrected chi connectivity index (χ3v) is 2.38. The monoisotopic (exact) mass is 271 g/mol. The number of hydrogen-bond donors (Lipinski definition) is 1. The molecule has 0 aliphatic heterocycles. The van der Waals surface area contributed by atoms with Crippen molar-refractivity contribution in [2.45, 2.75) is 0 Å². The summed E-state index contributed by atoms with van der Waals surface area (Å²) in [5, 5.41) is 9.63. The van der Waals surface area contributed by atoms with Crippen LogP contribution < -0.4 is 11.0 Å². The Kier molecular flexibility index (Phi) is 3.81. The number of benzene rings is 1. The zero-order chi connectivity index (χ0) is 11.6. The number of nitrogens with two attached hydrogens (primary N) is 1. The highest BCUT2D eigenvalue weighted by molar-refractivity contribution is 6.45. The van der Waals surface area contributed by atoms with Crippen LogP contribution in [0.25, 0.3) is 0 Å². The van der Waals surface area contributed by atoms with Gasteiger partial charge >= 0.3 is 5.09 Å². The number of nitrogens with zero attached hydrogens (tertiary/aromatic N) is 2. The average Bonchev–Trinajstić information content (AvgIpc) is 2.09. The standard InChI is InChI=1S/C6H4Cl3N3O3/c7-3-1-4(8)6(9)5(2-3)11(10)15-12(13)14/h1-2H,10H2. The van der Waals surface area contributed by atoms with Gasteiger partial charge in [-0.3, -0.25) is 0 Å². The summed E-state index contributed by atoms with van der Waals surface area (Å²) in [6.07, 6.45) is 0. The van der Waals surface area contributed by atoms with Crippen LogP contribution in [0.1, 0.15) is 0 Å². The molecule has 0 unspecified atom stereocenters. The highest BCUT2D eigenvalue weighted by Crippen LogP contribution is 2.34. The lowest BCUT2D eigenvalue weighted by Gasteiger charge is -2.16.